The number of aliphatic hydroxyl groups is 1. The van der Waals surface area contributed by atoms with Crippen LogP contribution in [0.25, 0.3) is 0 Å². The van der Waals surface area contributed by atoms with Gasteiger partial charge in [-0.2, -0.15) is 0 Å². The van der Waals surface area contributed by atoms with Crippen LogP contribution in [-0.4, -0.2) is 37.4 Å². The van der Waals surface area contributed by atoms with Gasteiger partial charge >= 0.3 is 0 Å². The van der Waals surface area contributed by atoms with Crippen LogP contribution < -0.4 is 4.74 Å². The smallest absolute Gasteiger partial charge is 0.202 e. The van der Waals surface area contributed by atoms with Crippen molar-refractivity contribution in [1.29, 1.82) is 0 Å². The van der Waals surface area contributed by atoms with E-state index in [9.17, 15) is 30.3 Å². The van der Waals surface area contributed by atoms with Crippen molar-refractivity contribution in [2.75, 3.05) is 0 Å². The minimum absolute atomic E-state index is 0.0151. The van der Waals surface area contributed by atoms with Crippen LogP contribution >= 0.6 is 0 Å². The number of aromatic hydroxyl groups is 4. The number of phenolic OH excluding ortho intramolecular Hbond substituents is 4. The second-order valence-corrected chi connectivity index (χ2v) is 8.46. The number of ether oxygens (including phenoxy) is 1. The van der Waals surface area contributed by atoms with Crippen molar-refractivity contribution < 1.29 is 35.1 Å². The summed E-state index contributed by atoms with van der Waals surface area (Å²) < 4.78 is 5.97. The molecule has 170 valence electrons. The highest BCUT2D eigenvalue weighted by molar-refractivity contribution is 6.06. The maximum Gasteiger partial charge on any atom is 0.202 e. The van der Waals surface area contributed by atoms with E-state index >= 15 is 0 Å². The standard InChI is InChI=1S/C25H28O7/c1-12(2)5-7-14-9-15(10-19(28)21(14)29)24-23(31)22(30)20-18(27)11-17(26)16(25(20)32-24)8-6-13(3)4/h5-6,9-11,23-24,26-29,31H,7-8H2,1-4H3/t23-,24+/m0/s1. The van der Waals surface area contributed by atoms with E-state index in [2.05, 4.69) is 0 Å². The molecule has 7 heteroatoms. The van der Waals surface area contributed by atoms with Crippen LogP contribution in [-0.2, 0) is 12.8 Å². The first-order valence-corrected chi connectivity index (χ1v) is 10.3. The Morgan fingerprint density at radius 2 is 1.53 bits per heavy atom. The van der Waals surface area contributed by atoms with Crippen molar-refractivity contribution in [3.05, 3.63) is 63.8 Å². The molecule has 0 saturated heterocycles. The SMILES string of the molecule is CC(C)=CCc1cc([C@H]2Oc3c(CC=C(C)C)c(O)cc(O)c3C(=O)[C@@H]2O)cc(O)c1O. The summed E-state index contributed by atoms with van der Waals surface area (Å²) >= 11 is 0. The van der Waals surface area contributed by atoms with Gasteiger partial charge in [0.15, 0.2) is 23.7 Å². The molecule has 0 bridgehead atoms. The van der Waals surface area contributed by atoms with Gasteiger partial charge in [-0.25, -0.2) is 0 Å². The first-order chi connectivity index (χ1) is 15.0. The fourth-order valence-electron chi connectivity index (χ4n) is 3.61. The predicted molar refractivity (Wildman–Crippen MR) is 120 cm³/mol. The highest BCUT2D eigenvalue weighted by Gasteiger charge is 2.41. The number of benzene rings is 2. The van der Waals surface area contributed by atoms with Crippen LogP contribution in [0.5, 0.6) is 28.7 Å². The first-order valence-electron chi connectivity index (χ1n) is 10.3. The molecule has 7 nitrogen and oxygen atoms in total. The van der Waals surface area contributed by atoms with E-state index < -0.39 is 29.5 Å². The number of hydrogen-bond donors (Lipinski definition) is 5. The van der Waals surface area contributed by atoms with Gasteiger partial charge in [0, 0.05) is 17.2 Å². The number of carbonyl (C=O) groups is 1. The molecule has 1 aliphatic rings. The Morgan fingerprint density at radius 3 is 2.16 bits per heavy atom. The summed E-state index contributed by atoms with van der Waals surface area (Å²) in [6.07, 6.45) is 1.41. The second kappa shape index (κ2) is 8.96. The van der Waals surface area contributed by atoms with Gasteiger partial charge < -0.3 is 30.3 Å². The molecule has 2 aromatic carbocycles. The van der Waals surface area contributed by atoms with Crippen molar-refractivity contribution >= 4 is 5.78 Å². The molecule has 5 N–H and O–H groups in total. The van der Waals surface area contributed by atoms with E-state index in [1.807, 2.05) is 39.8 Å². The van der Waals surface area contributed by atoms with Gasteiger partial charge in [0.1, 0.15) is 22.8 Å². The van der Waals surface area contributed by atoms with Crippen molar-refractivity contribution in [1.82, 2.24) is 0 Å². The summed E-state index contributed by atoms with van der Waals surface area (Å²) in [4.78, 5) is 13.0. The fourth-order valence-corrected chi connectivity index (χ4v) is 3.61. The zero-order chi connectivity index (χ0) is 23.7. The summed E-state index contributed by atoms with van der Waals surface area (Å²) in [5, 5.41) is 51.8. The summed E-state index contributed by atoms with van der Waals surface area (Å²) in [7, 11) is 0. The zero-order valence-electron chi connectivity index (χ0n) is 18.5. The third-order valence-corrected chi connectivity index (χ3v) is 5.35. The number of allylic oxidation sites excluding steroid dienone is 4. The molecule has 1 aliphatic heterocycles. The molecule has 0 saturated carbocycles. The van der Waals surface area contributed by atoms with Gasteiger partial charge in [0.05, 0.1) is 0 Å². The Balaban J connectivity index is 2.13. The lowest BCUT2D eigenvalue weighted by Gasteiger charge is -2.32. The highest BCUT2D eigenvalue weighted by atomic mass is 16.5. The molecule has 0 fully saturated rings. The number of phenols is 4. The molecule has 0 amide bonds. The minimum Gasteiger partial charge on any atom is -0.507 e. The Kier molecular flexibility index (Phi) is 6.50. The topological polar surface area (TPSA) is 127 Å². The van der Waals surface area contributed by atoms with E-state index in [1.54, 1.807) is 6.07 Å². The van der Waals surface area contributed by atoms with Crippen LogP contribution in [0.4, 0.5) is 0 Å². The van der Waals surface area contributed by atoms with E-state index in [0.717, 1.165) is 17.2 Å². The normalized spacial score (nSPS) is 17.3. The van der Waals surface area contributed by atoms with Gasteiger partial charge in [0.2, 0.25) is 5.78 Å². The Labute approximate surface area is 186 Å². The predicted octanol–water partition coefficient (Wildman–Crippen LogP) is 4.20. The Bertz CT molecular complexity index is 1120. The van der Waals surface area contributed by atoms with Crippen molar-refractivity contribution in [2.24, 2.45) is 0 Å². The van der Waals surface area contributed by atoms with Crippen molar-refractivity contribution in [3.8, 4) is 28.7 Å². The van der Waals surface area contributed by atoms with Crippen LogP contribution in [0.2, 0.25) is 0 Å². The lowest BCUT2D eigenvalue weighted by Crippen LogP contribution is -2.36. The summed E-state index contributed by atoms with van der Waals surface area (Å²) in [6.45, 7) is 7.57. The largest absolute Gasteiger partial charge is 0.507 e. The van der Waals surface area contributed by atoms with E-state index in [-0.39, 0.29) is 34.8 Å². The Morgan fingerprint density at radius 1 is 0.906 bits per heavy atom. The monoisotopic (exact) mass is 440 g/mol. The van der Waals surface area contributed by atoms with E-state index in [0.29, 0.717) is 17.5 Å². The molecule has 0 aromatic heterocycles. The van der Waals surface area contributed by atoms with E-state index in [4.69, 9.17) is 4.74 Å². The lowest BCUT2D eigenvalue weighted by molar-refractivity contribution is 0.0205. The lowest BCUT2D eigenvalue weighted by atomic mass is 9.89. The van der Waals surface area contributed by atoms with Crippen LogP contribution in [0.15, 0.2) is 41.5 Å². The number of Topliss-reactive ketones (excluding diaryl/α,β-unsaturated/α-hetero) is 1. The third-order valence-electron chi connectivity index (χ3n) is 5.35. The number of carbonyl (C=O) groups excluding carboxylic acids is 1. The summed E-state index contributed by atoms with van der Waals surface area (Å²) in [5.41, 5.74) is 2.78. The molecular formula is C25H28O7. The van der Waals surface area contributed by atoms with Crippen LogP contribution in [0.3, 0.4) is 0 Å². The number of aliphatic hydroxyl groups excluding tert-OH is 1. The average Bonchev–Trinajstić information content (AvgIpc) is 2.70. The minimum atomic E-state index is -1.66. The zero-order valence-corrected chi connectivity index (χ0v) is 18.5. The number of ketones is 1. The first kappa shape index (κ1) is 23.2. The van der Waals surface area contributed by atoms with Gasteiger partial charge in [0.25, 0.3) is 0 Å². The van der Waals surface area contributed by atoms with Gasteiger partial charge in [-0.1, -0.05) is 23.3 Å². The van der Waals surface area contributed by atoms with Crippen LogP contribution in [0, 0.1) is 0 Å². The fraction of sp³-hybridized carbons (Fsp3) is 0.320. The number of rotatable bonds is 5. The van der Waals surface area contributed by atoms with Gasteiger partial charge in [-0.05, 0) is 58.2 Å². The second-order valence-electron chi connectivity index (χ2n) is 8.46. The molecule has 1 heterocycles. The molecular weight excluding hydrogens is 412 g/mol. The molecule has 0 aliphatic carbocycles. The molecule has 0 spiro atoms. The van der Waals surface area contributed by atoms with Crippen molar-refractivity contribution in [3.63, 3.8) is 0 Å². The molecule has 0 unspecified atom stereocenters. The number of hydrogen-bond acceptors (Lipinski definition) is 7. The average molecular weight is 440 g/mol. The quantitative estimate of drug-likeness (QED) is 0.348. The summed E-state index contributed by atoms with van der Waals surface area (Å²) in [5.74, 6) is -2.19. The molecule has 0 radical (unpaired) electrons. The molecule has 2 aromatic rings. The van der Waals surface area contributed by atoms with Gasteiger partial charge in [-0.3, -0.25) is 4.79 Å². The van der Waals surface area contributed by atoms with Gasteiger partial charge in [-0.15, -0.1) is 0 Å². The maximum absolute atomic E-state index is 13.0. The molecule has 3 rings (SSSR count). The van der Waals surface area contributed by atoms with E-state index in [1.165, 1.54) is 6.07 Å². The Hall–Kier alpha value is -3.45. The number of fused-ring (bicyclic) bond motifs is 1. The molecule has 32 heavy (non-hydrogen) atoms. The highest BCUT2D eigenvalue weighted by Crippen LogP contribution is 2.46. The summed E-state index contributed by atoms with van der Waals surface area (Å²) in [6, 6.07) is 3.84. The van der Waals surface area contributed by atoms with Crippen molar-refractivity contribution in [2.45, 2.75) is 52.7 Å². The molecule has 2 atom stereocenters. The third kappa shape index (κ3) is 4.43. The maximum atomic E-state index is 13.0. The van der Waals surface area contributed by atoms with Crippen LogP contribution in [0.1, 0.15) is 60.8 Å².